The Morgan fingerprint density at radius 2 is 1.68 bits per heavy atom. The lowest BCUT2D eigenvalue weighted by Crippen LogP contribution is -2.71. The minimum absolute atomic E-state index is 0.161. The highest BCUT2D eigenvalue weighted by Gasteiger charge is 2.57. The van der Waals surface area contributed by atoms with Crippen LogP contribution in [-0.4, -0.2) is 45.9 Å². The van der Waals surface area contributed by atoms with E-state index in [0.29, 0.717) is 5.75 Å². The number of carbonyl (C=O) groups is 3. The number of amides is 2. The number of nitrogens with one attached hydrogen (secondary N) is 1. The van der Waals surface area contributed by atoms with Gasteiger partial charge in [-0.2, -0.15) is 0 Å². The largest absolute Gasteiger partial charge is 0.459 e. The molecule has 2 saturated heterocycles. The minimum atomic E-state index is -0.636. The lowest BCUT2D eigenvalue weighted by atomic mass is 9.96. The molecule has 1 N–H and O–H groups in total. The number of esters is 1. The van der Waals surface area contributed by atoms with E-state index in [-0.39, 0.29) is 30.9 Å². The number of hydrogen-bond acceptors (Lipinski definition) is 5. The van der Waals surface area contributed by atoms with Gasteiger partial charge in [0, 0.05) is 5.75 Å². The Hall–Kier alpha value is -2.80. The van der Waals surface area contributed by atoms with E-state index in [0.717, 1.165) is 11.1 Å². The minimum Gasteiger partial charge on any atom is -0.459 e. The van der Waals surface area contributed by atoms with Crippen LogP contribution in [0.4, 0.5) is 0 Å². The van der Waals surface area contributed by atoms with Crippen molar-refractivity contribution in [3.63, 3.8) is 0 Å². The van der Waals surface area contributed by atoms with Gasteiger partial charge in [0.15, 0.2) is 5.37 Å². The van der Waals surface area contributed by atoms with Crippen molar-refractivity contribution in [2.75, 3.05) is 5.75 Å². The molecule has 2 unspecified atom stereocenters. The average Bonchev–Trinajstić information content (AvgIpc) is 3.12. The van der Waals surface area contributed by atoms with E-state index in [9.17, 15) is 14.4 Å². The molecule has 2 aliphatic heterocycles. The number of thioether (sulfide) groups is 1. The van der Waals surface area contributed by atoms with Crippen LogP contribution in [0.3, 0.4) is 0 Å². The van der Waals surface area contributed by atoms with Crippen LogP contribution in [-0.2, 0) is 32.1 Å². The number of β-lactam (4-membered cyclic amide) rings is 1. The van der Waals surface area contributed by atoms with Gasteiger partial charge in [0.25, 0.3) is 0 Å². The molecule has 0 bridgehead atoms. The molecule has 6 nitrogen and oxygen atoms in total. The van der Waals surface area contributed by atoms with Crippen LogP contribution in [0, 0.1) is 0 Å². The van der Waals surface area contributed by atoms with E-state index in [1.807, 2.05) is 60.7 Å². The normalized spacial score (nSPS) is 22.9. The Morgan fingerprint density at radius 1 is 1.04 bits per heavy atom. The van der Waals surface area contributed by atoms with Crippen LogP contribution in [0.25, 0.3) is 0 Å². The van der Waals surface area contributed by atoms with Gasteiger partial charge in [-0.25, -0.2) is 4.79 Å². The topological polar surface area (TPSA) is 75.7 Å². The number of nitrogens with zero attached hydrogens (tertiary/aromatic N) is 1. The third kappa shape index (κ3) is 3.75. The Labute approximate surface area is 167 Å². The molecule has 2 aromatic rings. The van der Waals surface area contributed by atoms with E-state index >= 15 is 0 Å². The second-order valence-electron chi connectivity index (χ2n) is 6.80. The van der Waals surface area contributed by atoms with Gasteiger partial charge in [0.2, 0.25) is 11.8 Å². The van der Waals surface area contributed by atoms with Crippen molar-refractivity contribution < 1.29 is 19.1 Å². The van der Waals surface area contributed by atoms with E-state index in [1.165, 1.54) is 16.7 Å². The van der Waals surface area contributed by atoms with Gasteiger partial charge in [0.1, 0.15) is 12.6 Å². The molecule has 2 aromatic carbocycles. The first-order valence-electron chi connectivity index (χ1n) is 9.11. The number of benzene rings is 2. The fraction of sp³-hybridized carbons (Fsp3) is 0.286. The molecule has 0 saturated carbocycles. The van der Waals surface area contributed by atoms with Crippen molar-refractivity contribution in [3.05, 3.63) is 71.8 Å². The Kier molecular flexibility index (Phi) is 5.34. The predicted octanol–water partition coefficient (Wildman–Crippen LogP) is 1.74. The highest BCUT2D eigenvalue weighted by molar-refractivity contribution is 8.00. The van der Waals surface area contributed by atoms with Gasteiger partial charge in [0.05, 0.1) is 12.5 Å². The molecule has 2 amide bonds. The molecule has 4 rings (SSSR count). The summed E-state index contributed by atoms with van der Waals surface area (Å²) in [5.41, 5.74) is 1.79. The molecule has 3 atom stereocenters. The SMILES string of the molecule is O=C(Cc1ccccc1)N[C@@H]1C(=O)N2C(C(=O)OCc3ccccc3)SCC12. The van der Waals surface area contributed by atoms with Crippen molar-refractivity contribution in [1.29, 1.82) is 0 Å². The summed E-state index contributed by atoms with van der Waals surface area (Å²) in [6, 6.07) is 18.1. The first-order chi connectivity index (χ1) is 13.6. The highest BCUT2D eigenvalue weighted by atomic mass is 32.2. The summed E-state index contributed by atoms with van der Waals surface area (Å²) >= 11 is 1.38. The summed E-state index contributed by atoms with van der Waals surface area (Å²) in [6.45, 7) is 0.181. The molecule has 0 spiro atoms. The second kappa shape index (κ2) is 8.06. The van der Waals surface area contributed by atoms with Crippen molar-refractivity contribution in [2.24, 2.45) is 0 Å². The zero-order valence-electron chi connectivity index (χ0n) is 15.1. The average molecular weight is 396 g/mol. The fourth-order valence-electron chi connectivity index (χ4n) is 3.45. The summed E-state index contributed by atoms with van der Waals surface area (Å²) in [5, 5.41) is 2.17. The zero-order valence-corrected chi connectivity index (χ0v) is 15.9. The zero-order chi connectivity index (χ0) is 19.5. The van der Waals surface area contributed by atoms with Crippen LogP contribution >= 0.6 is 11.8 Å². The fourth-order valence-corrected chi connectivity index (χ4v) is 4.81. The highest BCUT2D eigenvalue weighted by Crippen LogP contribution is 2.39. The number of ether oxygens (including phenoxy) is 1. The summed E-state index contributed by atoms with van der Waals surface area (Å²) in [4.78, 5) is 38.7. The number of fused-ring (bicyclic) bond motifs is 1. The molecule has 2 aliphatic rings. The molecule has 0 radical (unpaired) electrons. The maximum atomic E-state index is 12.5. The van der Waals surface area contributed by atoms with Crippen LogP contribution in [0.2, 0.25) is 0 Å². The first-order valence-corrected chi connectivity index (χ1v) is 10.2. The molecule has 2 heterocycles. The summed E-state index contributed by atoms with van der Waals surface area (Å²) in [6.07, 6.45) is 0.229. The molecular formula is C21H20N2O4S. The van der Waals surface area contributed by atoms with Gasteiger partial charge in [-0.15, -0.1) is 11.8 Å². The summed E-state index contributed by atoms with van der Waals surface area (Å²) in [5.74, 6) is -0.228. The van der Waals surface area contributed by atoms with Gasteiger partial charge >= 0.3 is 5.97 Å². The second-order valence-corrected chi connectivity index (χ2v) is 7.91. The monoisotopic (exact) mass is 396 g/mol. The maximum absolute atomic E-state index is 12.5. The Morgan fingerprint density at radius 3 is 2.36 bits per heavy atom. The van der Waals surface area contributed by atoms with Crippen molar-refractivity contribution >= 4 is 29.5 Å². The van der Waals surface area contributed by atoms with Crippen molar-refractivity contribution in [3.8, 4) is 0 Å². The van der Waals surface area contributed by atoms with Crippen LogP contribution in [0.5, 0.6) is 0 Å². The van der Waals surface area contributed by atoms with E-state index in [1.54, 1.807) is 0 Å². The van der Waals surface area contributed by atoms with Gasteiger partial charge in [-0.3, -0.25) is 9.59 Å². The number of hydrogen-bond donors (Lipinski definition) is 1. The number of carbonyl (C=O) groups excluding carboxylic acids is 3. The third-order valence-electron chi connectivity index (χ3n) is 4.89. The van der Waals surface area contributed by atoms with E-state index in [4.69, 9.17) is 4.74 Å². The Bertz CT molecular complexity index is 874. The summed E-state index contributed by atoms with van der Waals surface area (Å²) < 4.78 is 5.37. The third-order valence-corrected chi connectivity index (χ3v) is 6.16. The van der Waals surface area contributed by atoms with Gasteiger partial charge in [-0.05, 0) is 11.1 Å². The quantitative estimate of drug-likeness (QED) is 0.595. The summed E-state index contributed by atoms with van der Waals surface area (Å²) in [7, 11) is 0. The van der Waals surface area contributed by atoms with Gasteiger partial charge in [-0.1, -0.05) is 60.7 Å². The number of rotatable bonds is 6. The molecular weight excluding hydrogens is 376 g/mol. The molecule has 7 heteroatoms. The van der Waals surface area contributed by atoms with E-state index < -0.39 is 17.4 Å². The van der Waals surface area contributed by atoms with Crippen LogP contribution < -0.4 is 5.32 Å². The van der Waals surface area contributed by atoms with E-state index in [2.05, 4.69) is 5.32 Å². The van der Waals surface area contributed by atoms with Gasteiger partial charge < -0.3 is 15.0 Å². The molecule has 144 valence electrons. The van der Waals surface area contributed by atoms with Crippen molar-refractivity contribution in [1.82, 2.24) is 10.2 Å². The lowest BCUT2D eigenvalue weighted by Gasteiger charge is -2.43. The Balaban J connectivity index is 1.30. The smallest absolute Gasteiger partial charge is 0.339 e. The standard InChI is InChI=1S/C21H20N2O4S/c24-17(11-14-7-3-1-4-8-14)22-18-16-13-28-20(23(16)19(18)25)21(26)27-12-15-9-5-2-6-10-15/h1-10,16,18,20H,11-13H2,(H,22,24)/t16?,18-,20?/m0/s1. The molecule has 0 aromatic heterocycles. The van der Waals surface area contributed by atoms with Crippen LogP contribution in [0.1, 0.15) is 11.1 Å². The lowest BCUT2D eigenvalue weighted by molar-refractivity contribution is -0.162. The van der Waals surface area contributed by atoms with Crippen molar-refractivity contribution in [2.45, 2.75) is 30.5 Å². The first kappa shape index (κ1) is 18.6. The molecule has 2 fully saturated rings. The van der Waals surface area contributed by atoms with Crippen LogP contribution in [0.15, 0.2) is 60.7 Å². The predicted molar refractivity (Wildman–Crippen MR) is 105 cm³/mol. The molecule has 0 aliphatic carbocycles. The maximum Gasteiger partial charge on any atom is 0.339 e. The molecule has 28 heavy (non-hydrogen) atoms.